The van der Waals surface area contributed by atoms with Gasteiger partial charge in [-0.2, -0.15) is 0 Å². The summed E-state index contributed by atoms with van der Waals surface area (Å²) in [6.45, 7) is 1.53. The third-order valence-electron chi connectivity index (χ3n) is 3.60. The number of methoxy groups -OCH3 is 1. The first-order valence-electron chi connectivity index (χ1n) is 6.41. The van der Waals surface area contributed by atoms with Crippen LogP contribution in [0, 0.1) is 0 Å². The predicted octanol–water partition coefficient (Wildman–Crippen LogP) is 2.70. The van der Waals surface area contributed by atoms with Crippen molar-refractivity contribution in [2.75, 3.05) is 7.11 Å². The van der Waals surface area contributed by atoms with E-state index in [2.05, 4.69) is 11.0 Å². The van der Waals surface area contributed by atoms with Crippen LogP contribution in [0.1, 0.15) is 22.9 Å². The fourth-order valence-corrected chi connectivity index (χ4v) is 2.54. The van der Waals surface area contributed by atoms with Gasteiger partial charge in [0.25, 0.3) is 0 Å². The molecule has 3 heteroatoms. The molecule has 0 radical (unpaired) electrons. The van der Waals surface area contributed by atoms with Crippen molar-refractivity contribution < 1.29 is 9.84 Å². The van der Waals surface area contributed by atoms with Gasteiger partial charge < -0.3 is 9.84 Å². The van der Waals surface area contributed by atoms with Crippen molar-refractivity contribution >= 4 is 0 Å². The van der Waals surface area contributed by atoms with Gasteiger partial charge in [0.1, 0.15) is 12.0 Å². The molecule has 2 aromatic carbocycles. The van der Waals surface area contributed by atoms with E-state index in [1.54, 1.807) is 7.11 Å². The van der Waals surface area contributed by atoms with Crippen molar-refractivity contribution in [3.63, 3.8) is 0 Å². The molecule has 0 bridgehead atoms. The van der Waals surface area contributed by atoms with E-state index in [1.165, 1.54) is 11.1 Å². The summed E-state index contributed by atoms with van der Waals surface area (Å²) in [5, 5.41) is 10.3. The second-order valence-corrected chi connectivity index (χ2v) is 4.83. The molecule has 1 heterocycles. The third kappa shape index (κ3) is 2.35. The summed E-state index contributed by atoms with van der Waals surface area (Å²) in [6.07, 6.45) is -0.502. The number of ether oxygens (including phenoxy) is 1. The van der Waals surface area contributed by atoms with Crippen molar-refractivity contribution in [3.8, 4) is 5.75 Å². The highest BCUT2D eigenvalue weighted by molar-refractivity contribution is 5.33. The van der Waals surface area contributed by atoms with Crippen LogP contribution in [0.4, 0.5) is 0 Å². The number of nitrogens with zero attached hydrogens (tertiary/aromatic N) is 1. The number of hydrogen-bond donors (Lipinski definition) is 1. The third-order valence-corrected chi connectivity index (χ3v) is 3.60. The number of fused-ring (bicyclic) bond motifs is 1. The van der Waals surface area contributed by atoms with Gasteiger partial charge in [0.15, 0.2) is 0 Å². The monoisotopic (exact) mass is 255 g/mol. The molecule has 0 amide bonds. The Morgan fingerprint density at radius 3 is 2.58 bits per heavy atom. The van der Waals surface area contributed by atoms with Gasteiger partial charge in [-0.25, -0.2) is 0 Å². The zero-order chi connectivity index (χ0) is 13.2. The van der Waals surface area contributed by atoms with E-state index < -0.39 is 6.23 Å². The Hall–Kier alpha value is -1.84. The maximum atomic E-state index is 10.3. The molecule has 1 N–H and O–H groups in total. The van der Waals surface area contributed by atoms with E-state index in [1.807, 2.05) is 42.5 Å². The molecule has 98 valence electrons. The van der Waals surface area contributed by atoms with E-state index in [-0.39, 0.29) is 0 Å². The molecule has 19 heavy (non-hydrogen) atoms. The van der Waals surface area contributed by atoms with E-state index in [4.69, 9.17) is 4.74 Å². The van der Waals surface area contributed by atoms with Crippen LogP contribution < -0.4 is 4.74 Å². The van der Waals surface area contributed by atoms with Crippen LogP contribution in [0.25, 0.3) is 0 Å². The van der Waals surface area contributed by atoms with E-state index >= 15 is 0 Å². The van der Waals surface area contributed by atoms with Crippen LogP contribution in [0.2, 0.25) is 0 Å². The maximum absolute atomic E-state index is 10.3. The normalized spacial score (nSPS) is 18.3. The lowest BCUT2D eigenvalue weighted by Gasteiger charge is -2.20. The number of hydrogen-bond acceptors (Lipinski definition) is 3. The van der Waals surface area contributed by atoms with Gasteiger partial charge in [-0.05, 0) is 28.8 Å². The molecule has 1 atom stereocenters. The standard InChI is InChI=1S/C16H17NO2/c1-19-14-8-6-12(7-9-14)10-17-11-13-4-2-3-5-15(13)16(17)18/h2-9,16,18H,10-11H2,1H3. The zero-order valence-electron chi connectivity index (χ0n) is 10.9. The quantitative estimate of drug-likeness (QED) is 0.915. The summed E-state index contributed by atoms with van der Waals surface area (Å²) >= 11 is 0. The number of aliphatic hydroxyl groups excluding tert-OH is 1. The molecule has 0 saturated heterocycles. The second-order valence-electron chi connectivity index (χ2n) is 4.83. The molecule has 1 aliphatic heterocycles. The number of aliphatic hydroxyl groups is 1. The first-order valence-corrected chi connectivity index (χ1v) is 6.41. The number of benzene rings is 2. The van der Waals surface area contributed by atoms with E-state index in [0.29, 0.717) is 0 Å². The Morgan fingerprint density at radius 2 is 1.89 bits per heavy atom. The van der Waals surface area contributed by atoms with Crippen LogP contribution in [0.15, 0.2) is 48.5 Å². The molecule has 1 aliphatic rings. The van der Waals surface area contributed by atoms with Crippen LogP contribution in [0.3, 0.4) is 0 Å². The second kappa shape index (κ2) is 5.03. The summed E-state index contributed by atoms with van der Waals surface area (Å²) in [4.78, 5) is 2.06. The van der Waals surface area contributed by atoms with Crippen molar-refractivity contribution in [2.45, 2.75) is 19.3 Å². The Labute approximate surface area is 113 Å². The van der Waals surface area contributed by atoms with Crippen LogP contribution >= 0.6 is 0 Å². The Bertz CT molecular complexity index is 565. The van der Waals surface area contributed by atoms with Gasteiger partial charge in [0, 0.05) is 13.1 Å². The maximum Gasteiger partial charge on any atom is 0.134 e. The minimum Gasteiger partial charge on any atom is -0.497 e. The molecule has 0 fully saturated rings. The highest BCUT2D eigenvalue weighted by Gasteiger charge is 2.27. The first-order chi connectivity index (χ1) is 9.28. The molecule has 0 aliphatic carbocycles. The van der Waals surface area contributed by atoms with Crippen LogP contribution in [0.5, 0.6) is 5.75 Å². The first kappa shape index (κ1) is 12.2. The van der Waals surface area contributed by atoms with Crippen molar-refractivity contribution in [1.82, 2.24) is 4.90 Å². The van der Waals surface area contributed by atoms with Crippen LogP contribution in [-0.4, -0.2) is 17.1 Å². The Kier molecular flexibility index (Phi) is 3.23. The fraction of sp³-hybridized carbons (Fsp3) is 0.250. The SMILES string of the molecule is COc1ccc(CN2Cc3ccccc3C2O)cc1. The van der Waals surface area contributed by atoms with Gasteiger partial charge in [0.2, 0.25) is 0 Å². The summed E-state index contributed by atoms with van der Waals surface area (Å²) in [5.41, 5.74) is 3.41. The van der Waals surface area contributed by atoms with Gasteiger partial charge in [-0.15, -0.1) is 0 Å². The van der Waals surface area contributed by atoms with Gasteiger partial charge in [-0.1, -0.05) is 36.4 Å². The smallest absolute Gasteiger partial charge is 0.134 e. The highest BCUT2D eigenvalue weighted by atomic mass is 16.5. The minimum atomic E-state index is -0.502. The van der Waals surface area contributed by atoms with Gasteiger partial charge in [-0.3, -0.25) is 4.90 Å². The lowest BCUT2D eigenvalue weighted by atomic mass is 10.1. The minimum absolute atomic E-state index is 0.502. The molecular formula is C16H17NO2. The van der Waals surface area contributed by atoms with Crippen LogP contribution in [-0.2, 0) is 13.1 Å². The summed E-state index contributed by atoms with van der Waals surface area (Å²) in [5.74, 6) is 0.856. The van der Waals surface area contributed by atoms with Crippen molar-refractivity contribution in [2.24, 2.45) is 0 Å². The molecule has 0 spiro atoms. The summed E-state index contributed by atoms with van der Waals surface area (Å²) in [6, 6.07) is 16.0. The Balaban J connectivity index is 1.75. The molecule has 1 unspecified atom stereocenters. The molecule has 3 nitrogen and oxygen atoms in total. The van der Waals surface area contributed by atoms with Gasteiger partial charge in [0.05, 0.1) is 7.11 Å². The van der Waals surface area contributed by atoms with E-state index in [0.717, 1.165) is 24.4 Å². The molecular weight excluding hydrogens is 238 g/mol. The number of rotatable bonds is 3. The molecule has 2 aromatic rings. The van der Waals surface area contributed by atoms with E-state index in [9.17, 15) is 5.11 Å². The summed E-state index contributed by atoms with van der Waals surface area (Å²) in [7, 11) is 1.66. The zero-order valence-corrected chi connectivity index (χ0v) is 10.9. The average Bonchev–Trinajstić information content (AvgIpc) is 2.77. The summed E-state index contributed by atoms with van der Waals surface area (Å²) < 4.78 is 5.15. The highest BCUT2D eigenvalue weighted by Crippen LogP contribution is 2.32. The predicted molar refractivity (Wildman–Crippen MR) is 73.6 cm³/mol. The molecule has 0 saturated carbocycles. The Morgan fingerprint density at radius 1 is 1.16 bits per heavy atom. The lowest BCUT2D eigenvalue weighted by Crippen LogP contribution is -2.21. The molecule has 3 rings (SSSR count). The molecule has 0 aromatic heterocycles. The fourth-order valence-electron chi connectivity index (χ4n) is 2.54. The van der Waals surface area contributed by atoms with Crippen molar-refractivity contribution in [1.29, 1.82) is 0 Å². The largest absolute Gasteiger partial charge is 0.497 e. The average molecular weight is 255 g/mol. The lowest BCUT2D eigenvalue weighted by molar-refractivity contribution is 0.00769. The topological polar surface area (TPSA) is 32.7 Å². The van der Waals surface area contributed by atoms with Crippen molar-refractivity contribution in [3.05, 3.63) is 65.2 Å². The van der Waals surface area contributed by atoms with Gasteiger partial charge >= 0.3 is 0 Å².